The number of ether oxygens (including phenoxy) is 1. The number of fused-ring (bicyclic) bond motifs is 1. The zero-order valence-corrected chi connectivity index (χ0v) is 13.0. The second kappa shape index (κ2) is 5.39. The van der Waals surface area contributed by atoms with Crippen molar-refractivity contribution in [2.45, 2.75) is 20.3 Å². The molecule has 1 aromatic carbocycles. The summed E-state index contributed by atoms with van der Waals surface area (Å²) in [5.41, 5.74) is 1.72. The van der Waals surface area contributed by atoms with Gasteiger partial charge < -0.3 is 14.7 Å². The SMILES string of the molecule is Cc1cccc(C)c1C(=O)N1C[C@H]2COCC[C@@]2(C(=O)O)C1. The molecule has 1 amide bonds. The standard InChI is InChI=1S/C17H21NO4/c1-11-4-3-5-12(2)14(11)15(19)18-8-13-9-22-7-6-17(13,10-18)16(20)21/h3-5,13H,6-10H2,1-2H3,(H,20,21)/t13-,17+/m0/s1. The van der Waals surface area contributed by atoms with Crippen LogP contribution in [0.25, 0.3) is 0 Å². The van der Waals surface area contributed by atoms with E-state index in [0.29, 0.717) is 31.7 Å². The minimum Gasteiger partial charge on any atom is -0.481 e. The number of hydrogen-bond donors (Lipinski definition) is 1. The van der Waals surface area contributed by atoms with Crippen LogP contribution in [0.15, 0.2) is 18.2 Å². The minimum atomic E-state index is -0.843. The molecular formula is C17H21NO4. The van der Waals surface area contributed by atoms with E-state index < -0.39 is 11.4 Å². The van der Waals surface area contributed by atoms with Crippen molar-refractivity contribution in [2.24, 2.45) is 11.3 Å². The van der Waals surface area contributed by atoms with Crippen LogP contribution in [0, 0.1) is 25.2 Å². The van der Waals surface area contributed by atoms with Gasteiger partial charge in [-0.15, -0.1) is 0 Å². The van der Waals surface area contributed by atoms with Crippen LogP contribution in [0.2, 0.25) is 0 Å². The van der Waals surface area contributed by atoms with Gasteiger partial charge in [-0.2, -0.15) is 0 Å². The lowest BCUT2D eigenvalue weighted by molar-refractivity contribution is -0.157. The van der Waals surface area contributed by atoms with Gasteiger partial charge in [0.1, 0.15) is 0 Å². The monoisotopic (exact) mass is 303 g/mol. The first-order valence-corrected chi connectivity index (χ1v) is 7.62. The molecule has 2 fully saturated rings. The molecule has 1 N–H and O–H groups in total. The summed E-state index contributed by atoms with van der Waals surface area (Å²) in [7, 11) is 0. The van der Waals surface area contributed by atoms with Crippen LogP contribution in [0.4, 0.5) is 0 Å². The molecule has 5 nitrogen and oxygen atoms in total. The number of carbonyl (C=O) groups is 2. The van der Waals surface area contributed by atoms with Crippen molar-refractivity contribution in [1.29, 1.82) is 0 Å². The van der Waals surface area contributed by atoms with Gasteiger partial charge in [-0.1, -0.05) is 18.2 Å². The molecule has 2 aliphatic rings. The van der Waals surface area contributed by atoms with Crippen LogP contribution >= 0.6 is 0 Å². The highest BCUT2D eigenvalue weighted by molar-refractivity contribution is 5.97. The molecule has 5 heteroatoms. The van der Waals surface area contributed by atoms with E-state index in [4.69, 9.17) is 4.74 Å². The molecule has 1 aromatic rings. The average molecular weight is 303 g/mol. The topological polar surface area (TPSA) is 66.8 Å². The van der Waals surface area contributed by atoms with Gasteiger partial charge in [-0.25, -0.2) is 0 Å². The Labute approximate surface area is 129 Å². The maximum atomic E-state index is 12.9. The normalized spacial score (nSPS) is 27.5. The molecule has 0 saturated carbocycles. The number of benzene rings is 1. The molecule has 2 aliphatic heterocycles. The highest BCUT2D eigenvalue weighted by atomic mass is 16.5. The molecule has 0 radical (unpaired) electrons. The Kier molecular flexibility index (Phi) is 3.68. The molecule has 2 saturated heterocycles. The number of amides is 1. The number of aryl methyl sites for hydroxylation is 2. The number of carbonyl (C=O) groups excluding carboxylic acids is 1. The third-order valence-electron chi connectivity index (χ3n) is 5.11. The van der Waals surface area contributed by atoms with Crippen molar-refractivity contribution in [3.63, 3.8) is 0 Å². The lowest BCUT2D eigenvalue weighted by Crippen LogP contribution is -2.45. The first kappa shape index (κ1) is 15.0. The van der Waals surface area contributed by atoms with Crippen molar-refractivity contribution < 1.29 is 19.4 Å². The highest BCUT2D eigenvalue weighted by Gasteiger charge is 2.55. The molecule has 0 unspecified atom stereocenters. The molecule has 118 valence electrons. The first-order valence-electron chi connectivity index (χ1n) is 7.62. The van der Waals surface area contributed by atoms with Gasteiger partial charge in [-0.05, 0) is 31.4 Å². The molecule has 3 rings (SSSR count). The number of likely N-dealkylation sites (tertiary alicyclic amines) is 1. The van der Waals surface area contributed by atoms with Crippen LogP contribution in [0.1, 0.15) is 27.9 Å². The number of carboxylic acids is 1. The van der Waals surface area contributed by atoms with E-state index in [2.05, 4.69) is 0 Å². The molecule has 22 heavy (non-hydrogen) atoms. The predicted octanol–water partition coefficient (Wildman–Crippen LogP) is 1.87. The summed E-state index contributed by atoms with van der Waals surface area (Å²) in [5.74, 6) is -0.991. The minimum absolute atomic E-state index is 0.0642. The largest absolute Gasteiger partial charge is 0.481 e. The number of aliphatic carboxylic acids is 1. The third kappa shape index (κ3) is 2.20. The van der Waals surface area contributed by atoms with Crippen molar-refractivity contribution in [1.82, 2.24) is 4.90 Å². The lowest BCUT2D eigenvalue weighted by atomic mass is 9.74. The molecule has 0 bridgehead atoms. The van der Waals surface area contributed by atoms with Crippen LogP contribution in [0.3, 0.4) is 0 Å². The molecule has 2 atom stereocenters. The molecule has 2 heterocycles. The Balaban J connectivity index is 1.91. The molecular weight excluding hydrogens is 282 g/mol. The number of rotatable bonds is 2. The Morgan fingerprint density at radius 2 is 2.00 bits per heavy atom. The maximum Gasteiger partial charge on any atom is 0.311 e. The van der Waals surface area contributed by atoms with E-state index in [-0.39, 0.29) is 18.4 Å². The second-order valence-corrected chi connectivity index (χ2v) is 6.44. The van der Waals surface area contributed by atoms with Gasteiger partial charge in [0.15, 0.2) is 0 Å². The summed E-state index contributed by atoms with van der Waals surface area (Å²) in [6.07, 6.45) is 0.476. The fourth-order valence-corrected chi connectivity index (χ4v) is 3.76. The summed E-state index contributed by atoms with van der Waals surface area (Å²) in [5, 5.41) is 9.68. The number of hydrogen-bond acceptors (Lipinski definition) is 3. The van der Waals surface area contributed by atoms with E-state index in [1.807, 2.05) is 32.0 Å². The van der Waals surface area contributed by atoms with Crippen molar-refractivity contribution in [3.8, 4) is 0 Å². The maximum absolute atomic E-state index is 12.9. The van der Waals surface area contributed by atoms with Crippen molar-refractivity contribution in [2.75, 3.05) is 26.3 Å². The van der Waals surface area contributed by atoms with Gasteiger partial charge >= 0.3 is 5.97 Å². The van der Waals surface area contributed by atoms with Crippen LogP contribution < -0.4 is 0 Å². The van der Waals surface area contributed by atoms with E-state index in [1.165, 1.54) is 0 Å². The van der Waals surface area contributed by atoms with E-state index >= 15 is 0 Å². The quantitative estimate of drug-likeness (QED) is 0.905. The van der Waals surface area contributed by atoms with Gasteiger partial charge in [-0.3, -0.25) is 9.59 Å². The summed E-state index contributed by atoms with van der Waals surface area (Å²) < 4.78 is 5.44. The van der Waals surface area contributed by atoms with E-state index in [0.717, 1.165) is 11.1 Å². The van der Waals surface area contributed by atoms with E-state index in [1.54, 1.807) is 4.90 Å². The van der Waals surface area contributed by atoms with Crippen LogP contribution in [0.5, 0.6) is 0 Å². The molecule has 0 spiro atoms. The Morgan fingerprint density at radius 1 is 1.32 bits per heavy atom. The fraction of sp³-hybridized carbons (Fsp3) is 0.529. The summed E-state index contributed by atoms with van der Waals surface area (Å²) in [6.45, 7) is 5.44. The Morgan fingerprint density at radius 3 is 2.59 bits per heavy atom. The average Bonchev–Trinajstić information content (AvgIpc) is 2.88. The van der Waals surface area contributed by atoms with Crippen LogP contribution in [-0.2, 0) is 9.53 Å². The first-order chi connectivity index (χ1) is 10.5. The molecule has 0 aromatic heterocycles. The van der Waals surface area contributed by atoms with Gasteiger partial charge in [0.05, 0.1) is 12.0 Å². The number of carboxylic acid groups (broad SMARTS) is 1. The highest BCUT2D eigenvalue weighted by Crippen LogP contribution is 2.43. The second-order valence-electron chi connectivity index (χ2n) is 6.44. The van der Waals surface area contributed by atoms with Crippen molar-refractivity contribution >= 4 is 11.9 Å². The zero-order valence-electron chi connectivity index (χ0n) is 13.0. The smallest absolute Gasteiger partial charge is 0.311 e. The van der Waals surface area contributed by atoms with Crippen molar-refractivity contribution in [3.05, 3.63) is 34.9 Å². The lowest BCUT2D eigenvalue weighted by Gasteiger charge is -2.33. The summed E-state index contributed by atoms with van der Waals surface area (Å²) in [6, 6.07) is 5.76. The summed E-state index contributed by atoms with van der Waals surface area (Å²) in [4.78, 5) is 26.4. The summed E-state index contributed by atoms with van der Waals surface area (Å²) >= 11 is 0. The van der Waals surface area contributed by atoms with Gasteiger partial charge in [0, 0.05) is 31.2 Å². The van der Waals surface area contributed by atoms with E-state index in [9.17, 15) is 14.7 Å². The van der Waals surface area contributed by atoms with Gasteiger partial charge in [0.2, 0.25) is 0 Å². The fourth-order valence-electron chi connectivity index (χ4n) is 3.76. The Hall–Kier alpha value is -1.88. The Bertz CT molecular complexity index is 607. The number of nitrogens with zero attached hydrogens (tertiary/aromatic N) is 1. The third-order valence-corrected chi connectivity index (χ3v) is 5.11. The molecule has 0 aliphatic carbocycles. The van der Waals surface area contributed by atoms with Crippen LogP contribution in [-0.4, -0.2) is 48.2 Å². The van der Waals surface area contributed by atoms with Gasteiger partial charge in [0.25, 0.3) is 5.91 Å². The predicted molar refractivity (Wildman–Crippen MR) is 80.8 cm³/mol. The zero-order chi connectivity index (χ0) is 15.9.